The van der Waals surface area contributed by atoms with Gasteiger partial charge in [0.1, 0.15) is 4.90 Å². The molecule has 9 heteroatoms. The fourth-order valence-corrected chi connectivity index (χ4v) is 5.31. The van der Waals surface area contributed by atoms with Crippen LogP contribution in [0.3, 0.4) is 0 Å². The summed E-state index contributed by atoms with van der Waals surface area (Å²) in [6.45, 7) is 6.61. The minimum Gasteiger partial charge on any atom is -0.466 e. The molecule has 2 aromatic rings. The first-order valence-electron chi connectivity index (χ1n) is 10.5. The monoisotopic (exact) mass is 478 g/mol. The molecule has 0 aliphatic carbocycles. The number of hydrogen-bond acceptors (Lipinski definition) is 5. The highest BCUT2D eigenvalue weighted by Gasteiger charge is 2.29. The number of ether oxygens (including phenoxy) is 1. The van der Waals surface area contributed by atoms with Gasteiger partial charge in [-0.2, -0.15) is 0 Å². The van der Waals surface area contributed by atoms with E-state index in [1.54, 1.807) is 24.0 Å². The van der Waals surface area contributed by atoms with Gasteiger partial charge in [0, 0.05) is 18.7 Å². The molecule has 0 atom stereocenters. The first kappa shape index (κ1) is 24.1. The minimum absolute atomic E-state index is 0.0281. The van der Waals surface area contributed by atoms with Crippen LogP contribution < -0.4 is 4.72 Å². The van der Waals surface area contributed by atoms with Crippen LogP contribution in [0.2, 0.25) is 5.02 Å². The number of aryl methyl sites for hydroxylation is 1. The number of carbonyl (C=O) groups is 2. The number of carbonyl (C=O) groups excluding carboxylic acids is 2. The molecule has 172 valence electrons. The number of rotatable bonds is 6. The van der Waals surface area contributed by atoms with Gasteiger partial charge in [0.2, 0.25) is 0 Å². The zero-order chi connectivity index (χ0) is 23.5. The fourth-order valence-electron chi connectivity index (χ4n) is 3.66. The molecule has 1 saturated heterocycles. The summed E-state index contributed by atoms with van der Waals surface area (Å²) in [6.07, 6.45) is 1.02. The molecule has 1 heterocycles. The Bertz CT molecular complexity index is 1130. The van der Waals surface area contributed by atoms with Crippen molar-refractivity contribution in [1.82, 2.24) is 4.90 Å². The molecule has 0 aromatic heterocycles. The quantitative estimate of drug-likeness (QED) is 0.629. The molecule has 0 saturated carbocycles. The van der Waals surface area contributed by atoms with Crippen molar-refractivity contribution < 1.29 is 22.7 Å². The summed E-state index contributed by atoms with van der Waals surface area (Å²) in [6, 6.07) is 9.56. The van der Waals surface area contributed by atoms with Crippen molar-refractivity contribution in [3.63, 3.8) is 0 Å². The average Bonchev–Trinajstić information content (AvgIpc) is 2.77. The zero-order valence-corrected chi connectivity index (χ0v) is 19.9. The van der Waals surface area contributed by atoms with E-state index in [-0.39, 0.29) is 33.3 Å². The van der Waals surface area contributed by atoms with Crippen LogP contribution in [0.15, 0.2) is 41.3 Å². The lowest BCUT2D eigenvalue weighted by molar-refractivity contribution is -0.149. The van der Waals surface area contributed by atoms with Crippen LogP contribution in [0.1, 0.15) is 41.3 Å². The van der Waals surface area contributed by atoms with Gasteiger partial charge in [-0.15, -0.1) is 0 Å². The second-order valence-electron chi connectivity index (χ2n) is 7.82. The van der Waals surface area contributed by atoms with Crippen LogP contribution in [-0.4, -0.2) is 44.9 Å². The fraction of sp³-hybridized carbons (Fsp3) is 0.391. The van der Waals surface area contributed by atoms with Gasteiger partial charge in [-0.05, 0) is 69.0 Å². The van der Waals surface area contributed by atoms with Crippen LogP contribution >= 0.6 is 11.6 Å². The first-order chi connectivity index (χ1) is 15.1. The zero-order valence-electron chi connectivity index (χ0n) is 18.4. The van der Waals surface area contributed by atoms with Gasteiger partial charge < -0.3 is 9.64 Å². The number of likely N-dealkylation sites (tertiary alicyclic amines) is 1. The molecule has 0 spiro atoms. The van der Waals surface area contributed by atoms with E-state index in [4.69, 9.17) is 16.3 Å². The second kappa shape index (κ2) is 9.92. The molecule has 1 N–H and O–H groups in total. The Kier molecular flexibility index (Phi) is 7.46. The van der Waals surface area contributed by atoms with E-state index in [0.29, 0.717) is 38.2 Å². The Balaban J connectivity index is 1.79. The highest BCUT2D eigenvalue weighted by Crippen LogP contribution is 2.28. The second-order valence-corrected chi connectivity index (χ2v) is 9.87. The lowest BCUT2D eigenvalue weighted by atomic mass is 9.96. The smallest absolute Gasteiger partial charge is 0.309 e. The summed E-state index contributed by atoms with van der Waals surface area (Å²) in [4.78, 5) is 26.4. The number of halogens is 1. The van der Waals surface area contributed by atoms with E-state index in [2.05, 4.69) is 4.72 Å². The minimum atomic E-state index is -4.01. The van der Waals surface area contributed by atoms with Gasteiger partial charge in [-0.1, -0.05) is 23.7 Å². The predicted molar refractivity (Wildman–Crippen MR) is 123 cm³/mol. The van der Waals surface area contributed by atoms with Gasteiger partial charge in [0.05, 0.1) is 23.2 Å². The summed E-state index contributed by atoms with van der Waals surface area (Å²) in [5.74, 6) is -0.758. The molecule has 0 unspecified atom stereocenters. The van der Waals surface area contributed by atoms with Crippen molar-refractivity contribution in [2.75, 3.05) is 24.4 Å². The summed E-state index contributed by atoms with van der Waals surface area (Å²) < 4.78 is 33.7. The van der Waals surface area contributed by atoms with Crippen molar-refractivity contribution in [2.45, 2.75) is 38.5 Å². The SMILES string of the molecule is CCOC(=O)C1CCN(C(=O)c2ccc(Cl)c(S(=O)(=O)Nc3cccc(C)c3C)c2)CC1. The Labute approximate surface area is 193 Å². The Morgan fingerprint density at radius 3 is 2.50 bits per heavy atom. The van der Waals surface area contributed by atoms with Crippen LogP contribution in [0.4, 0.5) is 5.69 Å². The average molecular weight is 479 g/mol. The number of nitrogens with zero attached hydrogens (tertiary/aromatic N) is 1. The lowest BCUT2D eigenvalue weighted by Gasteiger charge is -2.31. The highest BCUT2D eigenvalue weighted by atomic mass is 35.5. The van der Waals surface area contributed by atoms with E-state index in [0.717, 1.165) is 11.1 Å². The maximum atomic E-state index is 13.0. The predicted octanol–water partition coefficient (Wildman–Crippen LogP) is 4.17. The lowest BCUT2D eigenvalue weighted by Crippen LogP contribution is -2.40. The van der Waals surface area contributed by atoms with Crippen LogP contribution in [-0.2, 0) is 19.6 Å². The van der Waals surface area contributed by atoms with E-state index in [1.165, 1.54) is 18.2 Å². The van der Waals surface area contributed by atoms with Crippen molar-refractivity contribution in [1.29, 1.82) is 0 Å². The standard InChI is InChI=1S/C23H27ClN2O5S/c1-4-31-23(28)17-10-12-26(13-11-17)22(27)18-8-9-19(24)21(14-18)32(29,30)25-20-7-5-6-15(2)16(20)3/h5-9,14,17,25H,4,10-13H2,1-3H3. The molecule has 32 heavy (non-hydrogen) atoms. The molecule has 1 aliphatic rings. The molecule has 1 amide bonds. The Hall–Kier alpha value is -2.58. The third kappa shape index (κ3) is 5.24. The number of nitrogens with one attached hydrogen (secondary N) is 1. The first-order valence-corrected chi connectivity index (χ1v) is 12.3. The molecular formula is C23H27ClN2O5S. The topological polar surface area (TPSA) is 92.8 Å². The number of sulfonamides is 1. The molecule has 0 bridgehead atoms. The van der Waals surface area contributed by atoms with Gasteiger partial charge in [0.15, 0.2) is 0 Å². The highest BCUT2D eigenvalue weighted by molar-refractivity contribution is 7.92. The van der Waals surface area contributed by atoms with Crippen LogP contribution in [0, 0.1) is 19.8 Å². The van der Waals surface area contributed by atoms with E-state index in [9.17, 15) is 18.0 Å². The van der Waals surface area contributed by atoms with Crippen molar-refractivity contribution in [3.8, 4) is 0 Å². The number of anilines is 1. The van der Waals surface area contributed by atoms with Crippen molar-refractivity contribution >= 4 is 39.2 Å². The summed E-state index contributed by atoms with van der Waals surface area (Å²) in [7, 11) is -4.01. The van der Waals surface area contributed by atoms with E-state index in [1.807, 2.05) is 19.9 Å². The third-order valence-electron chi connectivity index (χ3n) is 5.72. The largest absolute Gasteiger partial charge is 0.466 e. The number of hydrogen-bond donors (Lipinski definition) is 1. The van der Waals surface area contributed by atoms with E-state index >= 15 is 0 Å². The summed E-state index contributed by atoms with van der Waals surface area (Å²) in [5, 5.41) is 0.0281. The molecule has 1 aliphatic heterocycles. The van der Waals surface area contributed by atoms with Crippen molar-refractivity contribution in [3.05, 3.63) is 58.1 Å². The molecule has 2 aromatic carbocycles. The normalized spacial score (nSPS) is 14.8. The molecule has 7 nitrogen and oxygen atoms in total. The van der Waals surface area contributed by atoms with Gasteiger partial charge >= 0.3 is 5.97 Å². The van der Waals surface area contributed by atoms with Crippen LogP contribution in [0.25, 0.3) is 0 Å². The molecule has 0 radical (unpaired) electrons. The Morgan fingerprint density at radius 2 is 1.84 bits per heavy atom. The van der Waals surface area contributed by atoms with Gasteiger partial charge in [-0.3, -0.25) is 14.3 Å². The van der Waals surface area contributed by atoms with Crippen LogP contribution in [0.5, 0.6) is 0 Å². The number of piperidine rings is 1. The van der Waals surface area contributed by atoms with Gasteiger partial charge in [0.25, 0.3) is 15.9 Å². The van der Waals surface area contributed by atoms with E-state index < -0.39 is 10.0 Å². The maximum absolute atomic E-state index is 13.0. The molecule has 1 fully saturated rings. The number of benzene rings is 2. The third-order valence-corrected chi connectivity index (χ3v) is 7.57. The number of amides is 1. The molecule has 3 rings (SSSR count). The van der Waals surface area contributed by atoms with Crippen molar-refractivity contribution in [2.24, 2.45) is 5.92 Å². The number of esters is 1. The Morgan fingerprint density at radius 1 is 1.16 bits per heavy atom. The summed E-state index contributed by atoms with van der Waals surface area (Å²) in [5.41, 5.74) is 2.44. The summed E-state index contributed by atoms with van der Waals surface area (Å²) >= 11 is 6.20. The van der Waals surface area contributed by atoms with Gasteiger partial charge in [-0.25, -0.2) is 8.42 Å². The molecular weight excluding hydrogens is 452 g/mol. The maximum Gasteiger partial charge on any atom is 0.309 e.